The molecule has 1 aromatic heterocycles. The van der Waals surface area contributed by atoms with Gasteiger partial charge in [0.1, 0.15) is 11.3 Å². The molecule has 1 unspecified atom stereocenters. The lowest BCUT2D eigenvalue weighted by Gasteiger charge is -2.09. The molecule has 0 saturated heterocycles. The smallest absolute Gasteiger partial charge is 0.198 e. The van der Waals surface area contributed by atoms with Crippen molar-refractivity contribution in [1.29, 1.82) is 0 Å². The van der Waals surface area contributed by atoms with Gasteiger partial charge in [0.05, 0.1) is 17.0 Å². The number of aliphatic hydroxyl groups excluding tert-OH is 1. The lowest BCUT2D eigenvalue weighted by atomic mass is 10.1. The van der Waals surface area contributed by atoms with E-state index in [1.165, 1.54) is 6.07 Å². The van der Waals surface area contributed by atoms with Gasteiger partial charge in [-0.05, 0) is 45.8 Å². The number of aliphatic hydroxyl groups is 1. The van der Waals surface area contributed by atoms with E-state index >= 15 is 0 Å². The number of halogens is 2. The average Bonchev–Trinajstić information content (AvgIpc) is 2.83. The molecule has 0 aliphatic rings. The minimum Gasteiger partial charge on any atom is -0.441 e. The molecule has 0 amide bonds. The van der Waals surface area contributed by atoms with Crippen LogP contribution in [0.25, 0.3) is 11.1 Å². The van der Waals surface area contributed by atoms with Crippen molar-refractivity contribution < 1.29 is 13.9 Å². The van der Waals surface area contributed by atoms with Gasteiger partial charge in [-0.3, -0.25) is 0 Å². The van der Waals surface area contributed by atoms with E-state index in [1.807, 2.05) is 24.3 Å². The number of oxazole rings is 1. The van der Waals surface area contributed by atoms with Crippen molar-refractivity contribution in [3.8, 4) is 0 Å². The SMILES string of the molecule is OC(Cc1nc2ccccc2o1)c1ccc(F)c(Br)c1. The van der Waals surface area contributed by atoms with Gasteiger partial charge in [0.25, 0.3) is 0 Å². The maximum absolute atomic E-state index is 13.2. The number of nitrogens with zero attached hydrogens (tertiary/aromatic N) is 1. The quantitative estimate of drug-likeness (QED) is 0.786. The summed E-state index contributed by atoms with van der Waals surface area (Å²) in [5.74, 6) is 0.0990. The number of hydrogen-bond acceptors (Lipinski definition) is 3. The predicted molar refractivity (Wildman–Crippen MR) is 76.8 cm³/mol. The Balaban J connectivity index is 1.84. The van der Waals surface area contributed by atoms with Crippen LogP contribution in [-0.4, -0.2) is 10.1 Å². The first-order valence-corrected chi connectivity index (χ1v) is 6.90. The van der Waals surface area contributed by atoms with Gasteiger partial charge in [0, 0.05) is 0 Å². The molecule has 0 spiro atoms. The molecule has 1 atom stereocenters. The van der Waals surface area contributed by atoms with Crippen molar-refractivity contribution in [2.45, 2.75) is 12.5 Å². The molecule has 102 valence electrons. The van der Waals surface area contributed by atoms with Crippen molar-refractivity contribution in [2.24, 2.45) is 0 Å². The Morgan fingerprint density at radius 2 is 2.05 bits per heavy atom. The highest BCUT2D eigenvalue weighted by Crippen LogP contribution is 2.25. The van der Waals surface area contributed by atoms with Crippen LogP contribution in [-0.2, 0) is 6.42 Å². The monoisotopic (exact) mass is 335 g/mol. The van der Waals surface area contributed by atoms with Crippen LogP contribution in [0, 0.1) is 5.82 Å². The third kappa shape index (κ3) is 2.59. The zero-order valence-corrected chi connectivity index (χ0v) is 12.0. The van der Waals surface area contributed by atoms with Crippen LogP contribution in [0.4, 0.5) is 4.39 Å². The molecular weight excluding hydrogens is 325 g/mol. The first kappa shape index (κ1) is 13.3. The highest BCUT2D eigenvalue weighted by atomic mass is 79.9. The molecule has 0 radical (unpaired) electrons. The fraction of sp³-hybridized carbons (Fsp3) is 0.133. The van der Waals surface area contributed by atoms with Crippen LogP contribution in [0.15, 0.2) is 51.4 Å². The summed E-state index contributed by atoms with van der Waals surface area (Å²) in [5, 5.41) is 10.2. The van der Waals surface area contributed by atoms with E-state index in [2.05, 4.69) is 20.9 Å². The van der Waals surface area contributed by atoms with Crippen LogP contribution in [0.5, 0.6) is 0 Å². The number of fused-ring (bicyclic) bond motifs is 1. The molecule has 2 aromatic carbocycles. The van der Waals surface area contributed by atoms with Gasteiger partial charge in [0.2, 0.25) is 0 Å². The van der Waals surface area contributed by atoms with Gasteiger partial charge in [-0.2, -0.15) is 0 Å². The molecule has 0 bridgehead atoms. The maximum Gasteiger partial charge on any atom is 0.198 e. The summed E-state index contributed by atoms with van der Waals surface area (Å²) >= 11 is 3.10. The molecule has 3 rings (SSSR count). The highest BCUT2D eigenvalue weighted by Gasteiger charge is 2.14. The van der Waals surface area contributed by atoms with Crippen LogP contribution < -0.4 is 0 Å². The Bertz CT molecular complexity index is 723. The summed E-state index contributed by atoms with van der Waals surface area (Å²) in [5.41, 5.74) is 2.06. The largest absolute Gasteiger partial charge is 0.441 e. The second kappa shape index (κ2) is 5.34. The molecule has 1 heterocycles. The van der Waals surface area contributed by atoms with E-state index in [1.54, 1.807) is 12.1 Å². The second-order valence-electron chi connectivity index (χ2n) is 4.47. The van der Waals surface area contributed by atoms with E-state index in [4.69, 9.17) is 4.42 Å². The highest BCUT2D eigenvalue weighted by molar-refractivity contribution is 9.10. The molecule has 0 saturated carbocycles. The van der Waals surface area contributed by atoms with Crippen molar-refractivity contribution in [1.82, 2.24) is 4.98 Å². The summed E-state index contributed by atoms with van der Waals surface area (Å²) in [6, 6.07) is 11.8. The summed E-state index contributed by atoms with van der Waals surface area (Å²) in [6.07, 6.45) is -0.549. The van der Waals surface area contributed by atoms with E-state index in [0.717, 1.165) is 5.52 Å². The first-order chi connectivity index (χ1) is 9.63. The van der Waals surface area contributed by atoms with Crippen molar-refractivity contribution in [3.05, 3.63) is 64.2 Å². The zero-order chi connectivity index (χ0) is 14.1. The van der Waals surface area contributed by atoms with E-state index in [0.29, 0.717) is 21.5 Å². The summed E-state index contributed by atoms with van der Waals surface area (Å²) in [6.45, 7) is 0. The average molecular weight is 336 g/mol. The van der Waals surface area contributed by atoms with Crippen LogP contribution in [0.2, 0.25) is 0 Å². The van der Waals surface area contributed by atoms with Crippen LogP contribution in [0.1, 0.15) is 17.6 Å². The number of benzene rings is 2. The van der Waals surface area contributed by atoms with E-state index in [-0.39, 0.29) is 12.2 Å². The Labute approximate surface area is 123 Å². The molecular formula is C15H11BrFNO2. The van der Waals surface area contributed by atoms with Crippen molar-refractivity contribution in [3.63, 3.8) is 0 Å². The van der Waals surface area contributed by atoms with Crippen LogP contribution >= 0.6 is 15.9 Å². The molecule has 5 heteroatoms. The number of rotatable bonds is 3. The number of para-hydroxylation sites is 2. The lowest BCUT2D eigenvalue weighted by molar-refractivity contribution is 0.169. The summed E-state index contributed by atoms with van der Waals surface area (Å²) in [7, 11) is 0. The van der Waals surface area contributed by atoms with Gasteiger partial charge < -0.3 is 9.52 Å². The molecule has 1 N–H and O–H groups in total. The molecule has 0 fully saturated rings. The van der Waals surface area contributed by atoms with Gasteiger partial charge in [0.15, 0.2) is 11.5 Å². The number of aromatic nitrogens is 1. The maximum atomic E-state index is 13.2. The standard InChI is InChI=1S/C15H11BrFNO2/c16-10-7-9(5-6-11(10)17)13(19)8-15-18-12-3-1-2-4-14(12)20-15/h1-7,13,19H,8H2. The second-order valence-corrected chi connectivity index (χ2v) is 5.32. The summed E-state index contributed by atoms with van der Waals surface area (Å²) in [4.78, 5) is 4.31. The summed E-state index contributed by atoms with van der Waals surface area (Å²) < 4.78 is 19.1. The Hall–Kier alpha value is -1.72. The fourth-order valence-corrected chi connectivity index (χ4v) is 2.41. The van der Waals surface area contributed by atoms with Gasteiger partial charge in [-0.1, -0.05) is 18.2 Å². The van der Waals surface area contributed by atoms with E-state index < -0.39 is 6.10 Å². The molecule has 0 aliphatic heterocycles. The normalized spacial score (nSPS) is 12.8. The molecule has 3 aromatic rings. The third-order valence-electron chi connectivity index (χ3n) is 3.03. The van der Waals surface area contributed by atoms with Crippen LogP contribution in [0.3, 0.4) is 0 Å². The Kier molecular flexibility index (Phi) is 3.54. The predicted octanol–water partition coefficient (Wildman–Crippen LogP) is 4.01. The third-order valence-corrected chi connectivity index (χ3v) is 3.64. The lowest BCUT2D eigenvalue weighted by Crippen LogP contribution is -2.02. The van der Waals surface area contributed by atoms with E-state index in [9.17, 15) is 9.50 Å². The van der Waals surface area contributed by atoms with Gasteiger partial charge >= 0.3 is 0 Å². The molecule has 20 heavy (non-hydrogen) atoms. The minimum absolute atomic E-state index is 0.243. The Morgan fingerprint density at radius 1 is 1.25 bits per heavy atom. The Morgan fingerprint density at radius 3 is 2.80 bits per heavy atom. The minimum atomic E-state index is -0.792. The topological polar surface area (TPSA) is 46.3 Å². The molecule has 0 aliphatic carbocycles. The van der Waals surface area contributed by atoms with Gasteiger partial charge in [-0.15, -0.1) is 0 Å². The molecule has 3 nitrogen and oxygen atoms in total. The fourth-order valence-electron chi connectivity index (χ4n) is 2.01. The number of hydrogen-bond donors (Lipinski definition) is 1. The zero-order valence-electron chi connectivity index (χ0n) is 10.4. The van der Waals surface area contributed by atoms with Crippen molar-refractivity contribution in [2.75, 3.05) is 0 Å². The van der Waals surface area contributed by atoms with Crippen molar-refractivity contribution >= 4 is 27.0 Å². The first-order valence-electron chi connectivity index (χ1n) is 6.11. The van der Waals surface area contributed by atoms with Gasteiger partial charge in [-0.25, -0.2) is 9.37 Å².